The molecule has 2 heterocycles. The number of rotatable bonds is 4. The smallest absolute Gasteiger partial charge is 0.290 e. The summed E-state index contributed by atoms with van der Waals surface area (Å²) in [6, 6.07) is 7.10. The number of benzene rings is 1. The zero-order chi connectivity index (χ0) is 21.6. The molecular formula is C21H31FN4O3. The van der Waals surface area contributed by atoms with E-state index in [1.54, 1.807) is 11.0 Å². The molecule has 1 aliphatic rings. The molecule has 1 saturated heterocycles. The number of fused-ring (bicyclic) bond motifs is 1. The number of aromatic amines is 1. The fourth-order valence-electron chi connectivity index (χ4n) is 3.90. The van der Waals surface area contributed by atoms with Gasteiger partial charge in [-0.1, -0.05) is 0 Å². The van der Waals surface area contributed by atoms with Crippen molar-refractivity contribution in [3.05, 3.63) is 35.8 Å². The SMILES string of the molecule is CN1C[C@H](C(=O)N(C)Cc2cc3cc(F)ccc3[nH]2)CC[C@H](N(C)C)C1.O=CO. The van der Waals surface area contributed by atoms with Gasteiger partial charge in [0.05, 0.1) is 12.5 Å². The van der Waals surface area contributed by atoms with Gasteiger partial charge < -0.3 is 24.8 Å². The molecule has 3 rings (SSSR count). The summed E-state index contributed by atoms with van der Waals surface area (Å²) in [7, 11) is 8.15. The van der Waals surface area contributed by atoms with Crippen molar-refractivity contribution in [3.63, 3.8) is 0 Å². The Kier molecular flexibility index (Phi) is 8.16. The average molecular weight is 407 g/mol. The van der Waals surface area contributed by atoms with Crippen molar-refractivity contribution >= 4 is 23.3 Å². The summed E-state index contributed by atoms with van der Waals surface area (Å²) in [5.74, 6) is -0.0396. The van der Waals surface area contributed by atoms with Gasteiger partial charge in [0.15, 0.2) is 0 Å². The lowest BCUT2D eigenvalue weighted by Crippen LogP contribution is -2.39. The van der Waals surface area contributed by atoms with E-state index >= 15 is 0 Å². The number of likely N-dealkylation sites (N-methyl/N-ethyl adjacent to an activating group) is 2. The second-order valence-electron chi connectivity index (χ2n) is 7.94. The molecule has 2 N–H and O–H groups in total. The molecule has 1 aromatic carbocycles. The van der Waals surface area contributed by atoms with Crippen LogP contribution in [0.15, 0.2) is 24.3 Å². The fourth-order valence-corrected chi connectivity index (χ4v) is 3.90. The predicted molar refractivity (Wildman–Crippen MR) is 111 cm³/mol. The molecule has 160 valence electrons. The van der Waals surface area contributed by atoms with Crippen LogP contribution >= 0.6 is 0 Å². The monoisotopic (exact) mass is 406 g/mol. The lowest BCUT2D eigenvalue weighted by Gasteiger charge is -2.26. The highest BCUT2D eigenvalue weighted by molar-refractivity contribution is 5.81. The number of nitrogens with zero attached hydrogens (tertiary/aromatic N) is 3. The maximum Gasteiger partial charge on any atom is 0.290 e. The van der Waals surface area contributed by atoms with Crippen LogP contribution in [-0.4, -0.2) is 84.5 Å². The standard InChI is InChI=1S/C20H29FN4O.CH2O2/c1-23(2)18-7-5-14(11-24(3)13-18)20(26)25(4)12-17-10-15-9-16(21)6-8-19(15)22-17;2-1-3/h6,8-10,14,18,22H,5,7,11-13H2,1-4H3;1H,(H,2,3)/t14-,18+;/m1./s1. The van der Waals surface area contributed by atoms with Crippen LogP contribution in [0.5, 0.6) is 0 Å². The topological polar surface area (TPSA) is 79.9 Å². The lowest BCUT2D eigenvalue weighted by molar-refractivity contribution is -0.135. The normalized spacial score (nSPS) is 20.1. The summed E-state index contributed by atoms with van der Waals surface area (Å²) in [5, 5.41) is 7.73. The van der Waals surface area contributed by atoms with Crippen LogP contribution < -0.4 is 0 Å². The van der Waals surface area contributed by atoms with E-state index in [4.69, 9.17) is 9.90 Å². The number of amides is 1. The number of hydrogen-bond donors (Lipinski definition) is 2. The summed E-state index contributed by atoms with van der Waals surface area (Å²) < 4.78 is 13.4. The van der Waals surface area contributed by atoms with Crippen molar-refractivity contribution < 1.29 is 19.1 Å². The Hall–Kier alpha value is -2.45. The number of carbonyl (C=O) groups is 2. The van der Waals surface area contributed by atoms with E-state index < -0.39 is 0 Å². The summed E-state index contributed by atoms with van der Waals surface area (Å²) in [6.45, 7) is 2.05. The average Bonchev–Trinajstić information content (AvgIpc) is 2.93. The molecule has 8 heteroatoms. The van der Waals surface area contributed by atoms with Gasteiger partial charge in [-0.2, -0.15) is 0 Å². The molecule has 2 aromatic rings. The molecule has 7 nitrogen and oxygen atoms in total. The maximum atomic E-state index is 13.4. The van der Waals surface area contributed by atoms with Crippen molar-refractivity contribution in [3.8, 4) is 0 Å². The first-order valence-corrected chi connectivity index (χ1v) is 9.70. The number of likely N-dealkylation sites (tertiary alicyclic amines) is 1. The largest absolute Gasteiger partial charge is 0.483 e. The van der Waals surface area contributed by atoms with E-state index in [9.17, 15) is 9.18 Å². The predicted octanol–water partition coefficient (Wildman–Crippen LogP) is 2.24. The molecule has 2 atom stereocenters. The van der Waals surface area contributed by atoms with Gasteiger partial charge in [-0.25, -0.2) is 4.39 Å². The van der Waals surface area contributed by atoms with Gasteiger partial charge in [0.1, 0.15) is 5.82 Å². The van der Waals surface area contributed by atoms with Gasteiger partial charge in [-0.05, 0) is 58.3 Å². The third-order valence-electron chi connectivity index (χ3n) is 5.40. The Balaban J connectivity index is 0.000000941. The Labute approximate surface area is 171 Å². The third-order valence-corrected chi connectivity index (χ3v) is 5.40. The Morgan fingerprint density at radius 3 is 2.62 bits per heavy atom. The van der Waals surface area contributed by atoms with E-state index in [1.165, 1.54) is 12.1 Å². The number of hydrogen-bond acceptors (Lipinski definition) is 4. The number of carbonyl (C=O) groups excluding carboxylic acids is 1. The second-order valence-corrected chi connectivity index (χ2v) is 7.94. The summed E-state index contributed by atoms with van der Waals surface area (Å²) in [4.78, 5) is 30.9. The van der Waals surface area contributed by atoms with Gasteiger partial charge in [-0.15, -0.1) is 0 Å². The molecule has 0 unspecified atom stereocenters. The van der Waals surface area contributed by atoms with Gasteiger partial charge in [0, 0.05) is 42.8 Å². The molecule has 1 amide bonds. The number of H-pyrrole nitrogens is 1. The Morgan fingerprint density at radius 2 is 1.97 bits per heavy atom. The van der Waals surface area contributed by atoms with Gasteiger partial charge in [-0.3, -0.25) is 9.59 Å². The van der Waals surface area contributed by atoms with E-state index in [2.05, 4.69) is 35.9 Å². The van der Waals surface area contributed by atoms with Crippen molar-refractivity contribution in [2.24, 2.45) is 5.92 Å². The third kappa shape index (κ3) is 6.27. The fraction of sp³-hybridized carbons (Fsp3) is 0.524. The molecule has 0 spiro atoms. The van der Waals surface area contributed by atoms with E-state index in [-0.39, 0.29) is 24.1 Å². The first-order chi connectivity index (χ1) is 13.7. The number of aromatic nitrogens is 1. The highest BCUT2D eigenvalue weighted by Gasteiger charge is 2.29. The van der Waals surface area contributed by atoms with E-state index in [0.717, 1.165) is 42.5 Å². The number of carboxylic acid groups (broad SMARTS) is 1. The molecule has 1 fully saturated rings. The van der Waals surface area contributed by atoms with Crippen LogP contribution in [-0.2, 0) is 16.1 Å². The van der Waals surface area contributed by atoms with Crippen LogP contribution in [0.2, 0.25) is 0 Å². The van der Waals surface area contributed by atoms with Crippen molar-refractivity contribution in [1.29, 1.82) is 0 Å². The summed E-state index contributed by atoms with van der Waals surface area (Å²) in [6.07, 6.45) is 1.95. The molecule has 1 aromatic heterocycles. The first kappa shape index (κ1) is 22.8. The van der Waals surface area contributed by atoms with Crippen LogP contribution in [0.3, 0.4) is 0 Å². The second kappa shape index (κ2) is 10.4. The molecule has 0 radical (unpaired) electrons. The molecule has 0 saturated carbocycles. The Morgan fingerprint density at radius 1 is 1.28 bits per heavy atom. The summed E-state index contributed by atoms with van der Waals surface area (Å²) >= 11 is 0. The number of nitrogens with one attached hydrogen (secondary N) is 1. The molecule has 1 aliphatic heterocycles. The van der Waals surface area contributed by atoms with Crippen molar-refractivity contribution in [1.82, 2.24) is 19.7 Å². The van der Waals surface area contributed by atoms with E-state index in [0.29, 0.717) is 12.6 Å². The first-order valence-electron chi connectivity index (χ1n) is 9.70. The van der Waals surface area contributed by atoms with E-state index in [1.807, 2.05) is 13.1 Å². The van der Waals surface area contributed by atoms with Crippen LogP contribution in [0.25, 0.3) is 10.9 Å². The highest BCUT2D eigenvalue weighted by atomic mass is 19.1. The minimum absolute atomic E-state index is 0.0248. The Bertz CT molecular complexity index is 823. The van der Waals surface area contributed by atoms with Crippen LogP contribution in [0, 0.1) is 11.7 Å². The quantitative estimate of drug-likeness (QED) is 0.762. The number of halogens is 1. The maximum absolute atomic E-state index is 13.4. The molecule has 0 aliphatic carbocycles. The highest BCUT2D eigenvalue weighted by Crippen LogP contribution is 2.22. The van der Waals surface area contributed by atoms with Gasteiger partial charge in [0.25, 0.3) is 6.47 Å². The molecule has 29 heavy (non-hydrogen) atoms. The van der Waals surface area contributed by atoms with Crippen LogP contribution in [0.1, 0.15) is 18.5 Å². The zero-order valence-corrected chi connectivity index (χ0v) is 17.6. The minimum Gasteiger partial charge on any atom is -0.483 e. The zero-order valence-electron chi connectivity index (χ0n) is 17.6. The van der Waals surface area contributed by atoms with Gasteiger partial charge in [0.2, 0.25) is 5.91 Å². The van der Waals surface area contributed by atoms with Crippen molar-refractivity contribution in [2.45, 2.75) is 25.4 Å². The van der Waals surface area contributed by atoms with Crippen LogP contribution in [0.4, 0.5) is 4.39 Å². The summed E-state index contributed by atoms with van der Waals surface area (Å²) in [5.41, 5.74) is 1.82. The van der Waals surface area contributed by atoms with Gasteiger partial charge >= 0.3 is 0 Å². The molecule has 0 bridgehead atoms. The lowest BCUT2D eigenvalue weighted by atomic mass is 10.00. The molecular weight excluding hydrogens is 375 g/mol. The minimum atomic E-state index is -0.250. The van der Waals surface area contributed by atoms with Crippen molar-refractivity contribution in [2.75, 3.05) is 41.3 Å².